The van der Waals surface area contributed by atoms with Crippen molar-refractivity contribution in [3.63, 3.8) is 0 Å². The third-order valence-corrected chi connectivity index (χ3v) is 18.2. The topological polar surface area (TPSA) is 6.48 Å². The maximum Gasteiger partial charge on any atom is 0.333 e. The number of hydrogen-bond acceptors (Lipinski definition) is 2. The van der Waals surface area contributed by atoms with Gasteiger partial charge in [-0.05, 0) is 179 Å². The molecule has 8 aromatic rings. The number of fused-ring (bicyclic) bond motifs is 12. The van der Waals surface area contributed by atoms with Crippen LogP contribution in [0.1, 0.15) is 134 Å². The lowest BCUT2D eigenvalue weighted by atomic mass is 9.42. The van der Waals surface area contributed by atoms with Crippen LogP contribution in [0.3, 0.4) is 0 Å². The molecule has 0 radical (unpaired) electrons. The first kappa shape index (κ1) is 42.8. The van der Waals surface area contributed by atoms with Gasteiger partial charge in [0.25, 0.3) is 0 Å². The summed E-state index contributed by atoms with van der Waals surface area (Å²) in [5.41, 5.74) is 27.3. The summed E-state index contributed by atoms with van der Waals surface area (Å²) in [7, 11) is 0. The lowest BCUT2D eigenvalue weighted by Gasteiger charge is -2.48. The van der Waals surface area contributed by atoms with E-state index in [1.807, 2.05) is 0 Å². The van der Waals surface area contributed by atoms with E-state index in [9.17, 15) is 0 Å². The average Bonchev–Trinajstić information content (AvgIpc) is 3.57. The highest BCUT2D eigenvalue weighted by Crippen LogP contribution is 2.60. The largest absolute Gasteiger partial charge is 0.376 e. The Hall–Kier alpha value is -6.32. The fourth-order valence-corrected chi connectivity index (χ4v) is 14.1. The van der Waals surface area contributed by atoms with E-state index in [1.165, 1.54) is 148 Å². The van der Waals surface area contributed by atoms with Gasteiger partial charge in [0.2, 0.25) is 0 Å². The van der Waals surface area contributed by atoms with Gasteiger partial charge in [0.1, 0.15) is 0 Å². The summed E-state index contributed by atoms with van der Waals surface area (Å²) < 4.78 is 0. The van der Waals surface area contributed by atoms with Gasteiger partial charge in [0.15, 0.2) is 0 Å². The van der Waals surface area contributed by atoms with Crippen molar-refractivity contribution in [2.24, 2.45) is 0 Å². The van der Waals surface area contributed by atoms with Gasteiger partial charge in [-0.25, -0.2) is 0 Å². The standard InChI is InChI=1S/C66H65BN2/c1-40-35-50-52(65(8,9)34-33-63(50,4)5)39-55(40)68-56-36-42(41-19-13-12-14-20-41)25-29-53(56)67-61-57(68)37-43-21-15-16-22-45(43)58(61)59-54(30-27-47-46-23-17-18-24-48(46)66(10,11)60(47)59)69(67)44-26-28-49-51(38-44)64(6,7)32-31-62(49,2)3/h12-30,35-39H,31-34H2,1-11H3. The maximum atomic E-state index is 2.79. The number of benzene rings is 8. The number of aryl methyl sites for hydroxylation is 1. The highest BCUT2D eigenvalue weighted by Gasteiger charge is 2.50. The van der Waals surface area contributed by atoms with Crippen LogP contribution in [0.25, 0.3) is 44.2 Å². The first-order chi connectivity index (χ1) is 32.9. The second kappa shape index (κ2) is 14.2. The van der Waals surface area contributed by atoms with Crippen molar-refractivity contribution in [1.82, 2.24) is 0 Å². The fourth-order valence-electron chi connectivity index (χ4n) is 14.1. The van der Waals surface area contributed by atoms with Crippen molar-refractivity contribution in [3.05, 3.63) is 185 Å². The van der Waals surface area contributed by atoms with Gasteiger partial charge in [-0.15, -0.1) is 0 Å². The molecule has 0 saturated heterocycles. The Morgan fingerprint density at radius 3 is 1.81 bits per heavy atom. The van der Waals surface area contributed by atoms with Crippen LogP contribution in [0.15, 0.2) is 146 Å². The molecular formula is C66H65BN2. The molecule has 0 unspecified atom stereocenters. The smallest absolute Gasteiger partial charge is 0.333 e. The summed E-state index contributed by atoms with van der Waals surface area (Å²) in [6.45, 7) is 26.9. The van der Waals surface area contributed by atoms with E-state index in [-0.39, 0.29) is 33.9 Å². The van der Waals surface area contributed by atoms with Crippen molar-refractivity contribution < 1.29 is 0 Å². The van der Waals surface area contributed by atoms with Gasteiger partial charge in [0.05, 0.1) is 0 Å². The van der Waals surface area contributed by atoms with Crippen LogP contribution in [0.4, 0.5) is 28.4 Å². The van der Waals surface area contributed by atoms with Gasteiger partial charge in [-0.2, -0.15) is 0 Å². The number of anilines is 5. The Balaban J connectivity index is 1.19. The summed E-state index contributed by atoms with van der Waals surface area (Å²) in [4.78, 5) is 5.50. The van der Waals surface area contributed by atoms with Gasteiger partial charge < -0.3 is 9.71 Å². The SMILES string of the molecule is Cc1cc2c(cc1N1c3cc(-c4ccccc4)ccc3B3c4c1cc1ccccc1c4-c1c(ccc4c1C(C)(C)c1ccccc1-4)N3c1ccc3c(c1)C(C)(C)CCC3(C)C)C(C)(C)CCC2(C)C. The second-order valence-electron chi connectivity index (χ2n) is 24.7. The predicted octanol–water partition coefficient (Wildman–Crippen LogP) is 16.5. The van der Waals surface area contributed by atoms with Crippen LogP contribution in [-0.2, 0) is 27.1 Å². The van der Waals surface area contributed by atoms with Crippen LogP contribution in [0.2, 0.25) is 0 Å². The van der Waals surface area contributed by atoms with E-state index in [0.717, 1.165) is 0 Å². The van der Waals surface area contributed by atoms with Crippen molar-refractivity contribution in [1.29, 1.82) is 0 Å². The molecule has 0 saturated carbocycles. The lowest BCUT2D eigenvalue weighted by molar-refractivity contribution is 0.332. The van der Waals surface area contributed by atoms with E-state index in [2.05, 4.69) is 231 Å². The zero-order chi connectivity index (χ0) is 47.7. The first-order valence-electron chi connectivity index (χ1n) is 25.8. The van der Waals surface area contributed by atoms with Gasteiger partial charge in [-0.1, -0.05) is 178 Å². The Bertz CT molecular complexity index is 3510. The molecule has 5 aliphatic rings. The molecule has 13 rings (SSSR count). The van der Waals surface area contributed by atoms with Gasteiger partial charge in [-0.3, -0.25) is 0 Å². The molecule has 0 fully saturated rings. The molecule has 342 valence electrons. The number of rotatable bonds is 3. The molecule has 2 aliphatic heterocycles. The minimum Gasteiger partial charge on any atom is -0.376 e. The molecule has 2 nitrogen and oxygen atoms in total. The molecule has 0 aromatic heterocycles. The zero-order valence-corrected chi connectivity index (χ0v) is 42.7. The highest BCUT2D eigenvalue weighted by atomic mass is 15.2. The summed E-state index contributed by atoms with van der Waals surface area (Å²) >= 11 is 0. The molecule has 0 spiro atoms. The third-order valence-electron chi connectivity index (χ3n) is 18.2. The molecule has 0 amide bonds. The molecular weight excluding hydrogens is 832 g/mol. The first-order valence-corrected chi connectivity index (χ1v) is 25.8. The van der Waals surface area contributed by atoms with Crippen molar-refractivity contribution in [2.75, 3.05) is 9.71 Å². The molecule has 3 heteroatoms. The molecule has 0 atom stereocenters. The van der Waals surface area contributed by atoms with E-state index in [1.54, 1.807) is 0 Å². The third kappa shape index (κ3) is 5.92. The van der Waals surface area contributed by atoms with Crippen molar-refractivity contribution in [3.8, 4) is 33.4 Å². The maximum absolute atomic E-state index is 2.79. The normalized spacial score (nSPS) is 18.9. The molecule has 0 N–H and O–H groups in total. The van der Waals surface area contributed by atoms with Crippen molar-refractivity contribution >= 4 is 57.0 Å². The minimum atomic E-state index is -0.230. The van der Waals surface area contributed by atoms with Crippen LogP contribution in [0.5, 0.6) is 0 Å². The Kier molecular flexibility index (Phi) is 8.77. The van der Waals surface area contributed by atoms with Crippen LogP contribution in [-0.4, -0.2) is 6.85 Å². The van der Waals surface area contributed by atoms with E-state index in [4.69, 9.17) is 0 Å². The summed E-state index contributed by atoms with van der Waals surface area (Å²) in [5, 5.41) is 2.60. The van der Waals surface area contributed by atoms with E-state index in [0.29, 0.717) is 0 Å². The van der Waals surface area contributed by atoms with Crippen molar-refractivity contribution in [2.45, 2.75) is 129 Å². The van der Waals surface area contributed by atoms with E-state index >= 15 is 0 Å². The van der Waals surface area contributed by atoms with Crippen LogP contribution in [0, 0.1) is 6.92 Å². The van der Waals surface area contributed by atoms with Crippen LogP contribution < -0.4 is 20.6 Å². The van der Waals surface area contributed by atoms with Gasteiger partial charge in [0, 0.05) is 39.4 Å². The Morgan fingerprint density at radius 2 is 1.07 bits per heavy atom. The minimum absolute atomic E-state index is 0.0504. The molecule has 69 heavy (non-hydrogen) atoms. The van der Waals surface area contributed by atoms with Crippen LogP contribution >= 0.6 is 0 Å². The molecule has 2 heterocycles. The Morgan fingerprint density at radius 1 is 0.435 bits per heavy atom. The number of hydrogen-bond donors (Lipinski definition) is 0. The monoisotopic (exact) mass is 897 g/mol. The molecule has 8 aromatic carbocycles. The number of nitrogens with zero attached hydrogens (tertiary/aromatic N) is 2. The summed E-state index contributed by atoms with van der Waals surface area (Å²) in [6.07, 6.45) is 4.72. The second-order valence-corrected chi connectivity index (χ2v) is 24.7. The average molecular weight is 897 g/mol. The lowest BCUT2D eigenvalue weighted by Crippen LogP contribution is -2.62. The molecule has 3 aliphatic carbocycles. The fraction of sp³-hybridized carbons (Fsp3) is 0.303. The predicted molar refractivity (Wildman–Crippen MR) is 296 cm³/mol. The Labute approximate surface area is 411 Å². The summed E-state index contributed by atoms with van der Waals surface area (Å²) in [6, 6.07) is 57.2. The highest BCUT2D eigenvalue weighted by molar-refractivity contribution is 6.94. The van der Waals surface area contributed by atoms with Gasteiger partial charge >= 0.3 is 6.85 Å². The van der Waals surface area contributed by atoms with E-state index < -0.39 is 0 Å². The quantitative estimate of drug-likeness (QED) is 0.163. The zero-order valence-electron chi connectivity index (χ0n) is 42.7. The molecule has 0 bridgehead atoms. The summed E-state index contributed by atoms with van der Waals surface area (Å²) in [5.74, 6) is 0.